The number of amides is 2. The van der Waals surface area contributed by atoms with E-state index in [9.17, 15) is 28.0 Å². The van der Waals surface area contributed by atoms with Gasteiger partial charge < -0.3 is 15.4 Å². The zero-order valence-corrected chi connectivity index (χ0v) is 19.2. The predicted molar refractivity (Wildman–Crippen MR) is 116 cm³/mol. The van der Waals surface area contributed by atoms with Crippen LogP contribution in [0.5, 0.6) is 5.75 Å². The highest BCUT2D eigenvalue weighted by molar-refractivity contribution is 7.16. The van der Waals surface area contributed by atoms with Crippen LogP contribution in [0.1, 0.15) is 57.2 Å². The fraction of sp³-hybridized carbons (Fsp3) is 0.333. The molecule has 10 nitrogen and oxygen atoms in total. The zero-order valence-electron chi connectivity index (χ0n) is 18.4. The number of carbonyl (C=O) groups is 2. The zero-order chi connectivity index (χ0) is 25.4. The molecule has 35 heavy (non-hydrogen) atoms. The molecule has 0 aliphatic heterocycles. The molecule has 0 radical (unpaired) electrons. The first kappa shape index (κ1) is 24.1. The van der Waals surface area contributed by atoms with Crippen LogP contribution in [0.2, 0.25) is 0 Å². The van der Waals surface area contributed by atoms with Crippen molar-refractivity contribution in [1.82, 2.24) is 30.4 Å². The van der Waals surface area contributed by atoms with Crippen LogP contribution in [0.15, 0.2) is 30.7 Å². The van der Waals surface area contributed by atoms with Crippen LogP contribution in [-0.4, -0.2) is 45.0 Å². The molecule has 1 fully saturated rings. The first-order chi connectivity index (χ1) is 16.5. The summed E-state index contributed by atoms with van der Waals surface area (Å²) in [4.78, 5) is 33.4. The molecule has 3 aromatic rings. The van der Waals surface area contributed by atoms with E-state index in [1.54, 1.807) is 6.92 Å². The number of benzene rings is 1. The van der Waals surface area contributed by atoms with Crippen LogP contribution >= 0.6 is 11.3 Å². The Morgan fingerprint density at radius 3 is 2.63 bits per heavy atom. The number of carbonyl (C=O) groups excluding carboxylic acids is 2. The van der Waals surface area contributed by atoms with Gasteiger partial charge >= 0.3 is 6.36 Å². The van der Waals surface area contributed by atoms with Crippen LogP contribution in [0.25, 0.3) is 5.13 Å². The van der Waals surface area contributed by atoms with E-state index in [0.717, 1.165) is 23.5 Å². The summed E-state index contributed by atoms with van der Waals surface area (Å²) < 4.78 is 43.9. The summed E-state index contributed by atoms with van der Waals surface area (Å²) >= 11 is 1.06. The predicted octanol–water partition coefficient (Wildman–Crippen LogP) is 3.03. The maximum atomic E-state index is 13.0. The van der Waals surface area contributed by atoms with E-state index in [-0.39, 0.29) is 22.9 Å². The minimum atomic E-state index is -4.96. The molecule has 2 heterocycles. The van der Waals surface area contributed by atoms with Crippen LogP contribution in [-0.2, 0) is 5.41 Å². The third-order valence-electron chi connectivity index (χ3n) is 5.35. The number of nitrogens with zero attached hydrogens (tertiary/aromatic N) is 5. The maximum Gasteiger partial charge on any atom is 0.573 e. The largest absolute Gasteiger partial charge is 0.573 e. The molecule has 2 N–H and O–H groups in total. The van der Waals surface area contributed by atoms with Crippen molar-refractivity contribution < 1.29 is 27.5 Å². The number of alkyl halides is 3. The maximum absolute atomic E-state index is 13.0. The van der Waals surface area contributed by atoms with Gasteiger partial charge in [-0.25, -0.2) is 9.97 Å². The van der Waals surface area contributed by atoms with E-state index in [4.69, 9.17) is 0 Å². The molecule has 2 amide bonds. The number of thiazole rings is 1. The van der Waals surface area contributed by atoms with Crippen LogP contribution < -0.4 is 15.4 Å². The van der Waals surface area contributed by atoms with Gasteiger partial charge in [0.1, 0.15) is 17.0 Å². The average Bonchev–Trinajstić information content (AvgIpc) is 3.20. The first-order valence-corrected chi connectivity index (χ1v) is 11.1. The number of rotatable bonds is 7. The number of nitrogens with one attached hydrogen (secondary N) is 2. The number of hydrogen-bond acceptors (Lipinski definition) is 8. The van der Waals surface area contributed by atoms with E-state index in [1.807, 2.05) is 0 Å². The fourth-order valence-electron chi connectivity index (χ4n) is 3.42. The van der Waals surface area contributed by atoms with Gasteiger partial charge in [0.05, 0.1) is 23.7 Å². The van der Waals surface area contributed by atoms with Crippen LogP contribution in [0, 0.1) is 11.3 Å². The van der Waals surface area contributed by atoms with E-state index in [2.05, 4.69) is 36.5 Å². The summed E-state index contributed by atoms with van der Waals surface area (Å²) in [6.07, 6.45) is -1.37. The van der Waals surface area contributed by atoms with Crippen molar-refractivity contribution >= 4 is 23.2 Å². The Bertz CT molecular complexity index is 1320. The van der Waals surface area contributed by atoms with Gasteiger partial charge in [0.2, 0.25) is 5.13 Å². The molecule has 0 spiro atoms. The summed E-state index contributed by atoms with van der Waals surface area (Å²) in [5.74, 6) is -1.31. The van der Waals surface area contributed by atoms with E-state index in [0.29, 0.717) is 22.9 Å². The molecule has 14 heteroatoms. The highest BCUT2D eigenvalue weighted by Gasteiger charge is 2.46. The minimum Gasteiger partial charge on any atom is -0.406 e. The molecule has 2 aromatic heterocycles. The summed E-state index contributed by atoms with van der Waals surface area (Å²) in [6.45, 7) is 1.61. The molecule has 1 aliphatic carbocycles. The summed E-state index contributed by atoms with van der Waals surface area (Å²) in [7, 11) is 1.49. The lowest BCUT2D eigenvalue weighted by Crippen LogP contribution is -2.29. The number of halogens is 3. The van der Waals surface area contributed by atoms with Crippen LogP contribution in [0.4, 0.5) is 13.2 Å². The van der Waals surface area contributed by atoms with Gasteiger partial charge in [-0.15, -0.1) is 13.2 Å². The molecule has 0 bridgehead atoms. The molecule has 0 saturated heterocycles. The Labute approximate surface area is 200 Å². The van der Waals surface area contributed by atoms with Crippen molar-refractivity contribution in [3.8, 4) is 17.0 Å². The number of hydrogen-bond donors (Lipinski definition) is 2. The monoisotopic (exact) mass is 505 g/mol. The normalized spacial score (nSPS) is 15.1. The Hall–Kier alpha value is -3.99. The second-order valence-electron chi connectivity index (χ2n) is 7.80. The van der Waals surface area contributed by atoms with Crippen molar-refractivity contribution in [3.05, 3.63) is 52.6 Å². The lowest BCUT2D eigenvalue weighted by molar-refractivity contribution is -0.274. The standard InChI is InChI=1S/C21H18F3N7O3S/c1-11(16-28-10-29-31(16)19-27-8-15(35-19)18(33)26-2)30-17(32)12-5-13(20(9-25)3-4-20)7-14(6-12)34-21(22,23)24/h5-8,10-11H,3-4H2,1-2H3,(H,26,33)(H,30,32)/t11-/m0/s1. The second-order valence-corrected chi connectivity index (χ2v) is 8.81. The average molecular weight is 505 g/mol. The number of nitriles is 1. The molecule has 1 aliphatic rings. The molecule has 1 saturated carbocycles. The topological polar surface area (TPSA) is 135 Å². The third-order valence-corrected chi connectivity index (χ3v) is 6.33. The summed E-state index contributed by atoms with van der Waals surface area (Å²) in [6, 6.07) is 4.86. The van der Waals surface area contributed by atoms with E-state index in [1.165, 1.54) is 30.3 Å². The van der Waals surface area contributed by atoms with Gasteiger partial charge in [0.15, 0.2) is 5.82 Å². The second kappa shape index (κ2) is 8.99. The Kier molecular flexibility index (Phi) is 6.20. The van der Waals surface area contributed by atoms with Crippen molar-refractivity contribution in [3.63, 3.8) is 0 Å². The molecular formula is C21H18F3N7O3S. The molecule has 1 atom stereocenters. The molecule has 1 aromatic carbocycles. The van der Waals surface area contributed by atoms with E-state index >= 15 is 0 Å². The number of aromatic nitrogens is 4. The molecule has 4 rings (SSSR count). The lowest BCUT2D eigenvalue weighted by Gasteiger charge is -2.17. The Balaban J connectivity index is 1.59. The molecule has 182 valence electrons. The Morgan fingerprint density at radius 2 is 2.00 bits per heavy atom. The van der Waals surface area contributed by atoms with Gasteiger partial charge in [-0.05, 0) is 43.5 Å². The summed E-state index contributed by atoms with van der Waals surface area (Å²) in [5, 5.41) is 19.1. The van der Waals surface area contributed by atoms with Gasteiger partial charge in [-0.1, -0.05) is 11.3 Å². The minimum absolute atomic E-state index is 0.0997. The van der Waals surface area contributed by atoms with Gasteiger partial charge in [0, 0.05) is 12.6 Å². The summed E-state index contributed by atoms with van der Waals surface area (Å²) in [5.41, 5.74) is -0.747. The van der Waals surface area contributed by atoms with E-state index < -0.39 is 29.5 Å². The van der Waals surface area contributed by atoms with Gasteiger partial charge in [-0.2, -0.15) is 15.0 Å². The smallest absolute Gasteiger partial charge is 0.406 e. The van der Waals surface area contributed by atoms with Crippen molar-refractivity contribution in [2.45, 2.75) is 37.6 Å². The van der Waals surface area contributed by atoms with Crippen molar-refractivity contribution in [1.29, 1.82) is 5.26 Å². The Morgan fingerprint density at radius 1 is 1.26 bits per heavy atom. The SMILES string of the molecule is CNC(=O)c1cnc(-n2ncnc2[C@H](C)NC(=O)c2cc(OC(F)(F)F)cc(C3(C#N)CC3)c2)s1. The van der Waals surface area contributed by atoms with Crippen molar-refractivity contribution in [2.24, 2.45) is 0 Å². The first-order valence-electron chi connectivity index (χ1n) is 10.3. The molecular weight excluding hydrogens is 487 g/mol. The third kappa shape index (κ3) is 5.09. The van der Waals surface area contributed by atoms with Crippen LogP contribution in [0.3, 0.4) is 0 Å². The number of ether oxygens (including phenoxy) is 1. The lowest BCUT2D eigenvalue weighted by atomic mass is 9.95. The van der Waals surface area contributed by atoms with Gasteiger partial charge in [-0.3, -0.25) is 9.59 Å². The quantitative estimate of drug-likeness (QED) is 0.504. The molecule has 0 unspecified atom stereocenters. The highest BCUT2D eigenvalue weighted by atomic mass is 32.1. The van der Waals surface area contributed by atoms with Crippen molar-refractivity contribution in [2.75, 3.05) is 7.05 Å². The van der Waals surface area contributed by atoms with Gasteiger partial charge in [0.25, 0.3) is 11.8 Å². The highest BCUT2D eigenvalue weighted by Crippen LogP contribution is 2.48. The fourth-order valence-corrected chi connectivity index (χ4v) is 4.25.